The van der Waals surface area contributed by atoms with Gasteiger partial charge in [-0.3, -0.25) is 0 Å². The molecule has 5 heteroatoms. The Morgan fingerprint density at radius 1 is 1.29 bits per heavy atom. The third kappa shape index (κ3) is 4.36. The molecule has 1 aromatic carbocycles. The highest BCUT2D eigenvalue weighted by molar-refractivity contribution is 9.10. The van der Waals surface area contributed by atoms with Gasteiger partial charge in [-0.2, -0.15) is 0 Å². The summed E-state index contributed by atoms with van der Waals surface area (Å²) in [5.41, 5.74) is 0. The lowest BCUT2D eigenvalue weighted by molar-refractivity contribution is 0.343. The number of aromatic nitrogens is 2. The zero-order valence-electron chi connectivity index (χ0n) is 9.04. The van der Waals surface area contributed by atoms with Crippen molar-refractivity contribution in [1.29, 1.82) is 0 Å². The maximum absolute atomic E-state index is 5.61. The van der Waals surface area contributed by atoms with Crippen molar-refractivity contribution in [2.24, 2.45) is 0 Å². The Labute approximate surface area is 113 Å². The van der Waals surface area contributed by atoms with Gasteiger partial charge in [0.25, 0.3) is 0 Å². The van der Waals surface area contributed by atoms with Crippen molar-refractivity contribution in [3.63, 3.8) is 0 Å². The summed E-state index contributed by atoms with van der Waals surface area (Å²) in [6.45, 7) is 0.658. The van der Waals surface area contributed by atoms with E-state index in [0.717, 1.165) is 21.0 Å². The number of halogens is 1. The molecule has 0 aliphatic rings. The van der Waals surface area contributed by atoms with Gasteiger partial charge in [-0.25, -0.2) is 9.97 Å². The van der Waals surface area contributed by atoms with Gasteiger partial charge < -0.3 is 4.74 Å². The van der Waals surface area contributed by atoms with Gasteiger partial charge in [0.2, 0.25) is 0 Å². The lowest BCUT2D eigenvalue weighted by Crippen LogP contribution is -2.00. The fraction of sp³-hybridized carbons (Fsp3) is 0.167. The van der Waals surface area contributed by atoms with Gasteiger partial charge in [0.15, 0.2) is 0 Å². The van der Waals surface area contributed by atoms with Gasteiger partial charge in [0.1, 0.15) is 12.1 Å². The summed E-state index contributed by atoms with van der Waals surface area (Å²) in [5.74, 6) is 1.74. The van der Waals surface area contributed by atoms with Crippen LogP contribution >= 0.6 is 27.7 Å². The highest BCUT2D eigenvalue weighted by Crippen LogP contribution is 2.18. The van der Waals surface area contributed by atoms with Crippen LogP contribution in [0.1, 0.15) is 0 Å². The summed E-state index contributed by atoms with van der Waals surface area (Å²) < 4.78 is 6.64. The fourth-order valence-electron chi connectivity index (χ4n) is 1.23. The lowest BCUT2D eigenvalue weighted by Gasteiger charge is -2.05. The third-order valence-corrected chi connectivity index (χ3v) is 3.35. The van der Waals surface area contributed by atoms with E-state index in [1.165, 1.54) is 0 Å². The molecule has 0 radical (unpaired) electrons. The first-order valence-corrected chi connectivity index (χ1v) is 6.89. The summed E-state index contributed by atoms with van der Waals surface area (Å²) in [5, 5.41) is 0.970. The second-order valence-electron chi connectivity index (χ2n) is 3.20. The van der Waals surface area contributed by atoms with Crippen LogP contribution in [0.3, 0.4) is 0 Å². The van der Waals surface area contributed by atoms with Crippen LogP contribution in [-0.4, -0.2) is 22.3 Å². The fourth-order valence-corrected chi connectivity index (χ4v) is 2.26. The van der Waals surface area contributed by atoms with Gasteiger partial charge in [0, 0.05) is 16.4 Å². The highest BCUT2D eigenvalue weighted by atomic mass is 79.9. The largest absolute Gasteiger partial charge is 0.493 e. The first-order chi connectivity index (χ1) is 8.34. The van der Waals surface area contributed by atoms with E-state index in [1.807, 2.05) is 30.3 Å². The topological polar surface area (TPSA) is 35.0 Å². The molecule has 0 fully saturated rings. The minimum Gasteiger partial charge on any atom is -0.493 e. The Kier molecular flexibility index (Phi) is 4.82. The molecule has 3 nitrogen and oxygen atoms in total. The smallest absolute Gasteiger partial charge is 0.120 e. The Hall–Kier alpha value is -1.07. The second kappa shape index (κ2) is 6.61. The molecule has 0 spiro atoms. The third-order valence-electron chi connectivity index (χ3n) is 1.95. The van der Waals surface area contributed by atoms with Crippen molar-refractivity contribution in [3.05, 3.63) is 47.3 Å². The summed E-state index contributed by atoms with van der Waals surface area (Å²) in [4.78, 5) is 8.00. The molecule has 2 aromatic rings. The van der Waals surface area contributed by atoms with E-state index in [-0.39, 0.29) is 0 Å². The predicted octanol–water partition coefficient (Wildman–Crippen LogP) is 3.41. The first kappa shape index (κ1) is 12.4. The average molecular weight is 311 g/mol. The van der Waals surface area contributed by atoms with E-state index in [1.54, 1.807) is 24.3 Å². The lowest BCUT2D eigenvalue weighted by atomic mass is 10.3. The quantitative estimate of drug-likeness (QED) is 0.481. The number of hydrogen-bond acceptors (Lipinski definition) is 4. The minimum absolute atomic E-state index is 0.658. The van der Waals surface area contributed by atoms with Crippen molar-refractivity contribution in [3.8, 4) is 5.75 Å². The van der Waals surface area contributed by atoms with Crippen molar-refractivity contribution in [1.82, 2.24) is 9.97 Å². The Bertz CT molecular complexity index is 467. The van der Waals surface area contributed by atoms with Crippen LogP contribution in [0.2, 0.25) is 0 Å². The molecule has 1 aromatic heterocycles. The zero-order valence-corrected chi connectivity index (χ0v) is 11.4. The number of benzene rings is 1. The van der Waals surface area contributed by atoms with E-state index in [0.29, 0.717) is 6.61 Å². The van der Waals surface area contributed by atoms with Crippen LogP contribution in [0.25, 0.3) is 0 Å². The summed E-state index contributed by atoms with van der Waals surface area (Å²) in [6.07, 6.45) is 3.29. The van der Waals surface area contributed by atoms with Gasteiger partial charge in [-0.05, 0) is 24.3 Å². The van der Waals surface area contributed by atoms with E-state index in [2.05, 4.69) is 25.9 Å². The van der Waals surface area contributed by atoms with Crippen molar-refractivity contribution in [2.75, 3.05) is 12.4 Å². The van der Waals surface area contributed by atoms with Crippen LogP contribution in [0.5, 0.6) is 5.75 Å². The van der Waals surface area contributed by atoms with Gasteiger partial charge in [-0.15, -0.1) is 11.8 Å². The maximum atomic E-state index is 5.61. The predicted molar refractivity (Wildman–Crippen MR) is 72.4 cm³/mol. The maximum Gasteiger partial charge on any atom is 0.120 e. The molecule has 0 N–H and O–H groups in total. The van der Waals surface area contributed by atoms with E-state index in [9.17, 15) is 0 Å². The van der Waals surface area contributed by atoms with Gasteiger partial charge >= 0.3 is 0 Å². The molecule has 0 aliphatic heterocycles. The van der Waals surface area contributed by atoms with Crippen LogP contribution in [-0.2, 0) is 0 Å². The molecule has 88 valence electrons. The highest BCUT2D eigenvalue weighted by Gasteiger charge is 1.97. The molecule has 2 rings (SSSR count). The molecule has 0 aliphatic carbocycles. The van der Waals surface area contributed by atoms with Crippen LogP contribution < -0.4 is 4.74 Å². The molecule has 0 atom stereocenters. The molecular weight excluding hydrogens is 300 g/mol. The molecular formula is C12H11BrN2OS. The molecule has 0 unspecified atom stereocenters. The van der Waals surface area contributed by atoms with Crippen LogP contribution in [0.4, 0.5) is 0 Å². The molecule has 0 saturated carbocycles. The Balaban J connectivity index is 1.73. The van der Waals surface area contributed by atoms with Crippen LogP contribution in [0, 0.1) is 0 Å². The van der Waals surface area contributed by atoms with Crippen molar-refractivity contribution >= 4 is 27.7 Å². The number of thioether (sulfide) groups is 1. The minimum atomic E-state index is 0.658. The van der Waals surface area contributed by atoms with Crippen molar-refractivity contribution < 1.29 is 4.74 Å². The van der Waals surface area contributed by atoms with E-state index >= 15 is 0 Å². The molecule has 0 bridgehead atoms. The molecule has 0 amide bonds. The standard InChI is InChI=1S/C12H11BrN2OS/c13-10-2-1-3-11(8-10)16-6-7-17-12-4-5-14-9-15-12/h1-5,8-9H,6-7H2. The van der Waals surface area contributed by atoms with Crippen molar-refractivity contribution in [2.45, 2.75) is 5.03 Å². The van der Waals surface area contributed by atoms with E-state index < -0.39 is 0 Å². The number of nitrogens with zero attached hydrogens (tertiary/aromatic N) is 2. The zero-order chi connectivity index (χ0) is 11.9. The van der Waals surface area contributed by atoms with Crippen LogP contribution in [0.15, 0.2) is 52.4 Å². The van der Waals surface area contributed by atoms with Gasteiger partial charge in [-0.1, -0.05) is 22.0 Å². The Morgan fingerprint density at radius 3 is 3.00 bits per heavy atom. The molecule has 17 heavy (non-hydrogen) atoms. The number of hydrogen-bond donors (Lipinski definition) is 0. The SMILES string of the molecule is Brc1cccc(OCCSc2ccncn2)c1. The van der Waals surface area contributed by atoms with E-state index in [4.69, 9.17) is 4.74 Å². The number of rotatable bonds is 5. The monoisotopic (exact) mass is 310 g/mol. The number of ether oxygens (including phenoxy) is 1. The second-order valence-corrected chi connectivity index (χ2v) is 5.23. The molecule has 0 saturated heterocycles. The normalized spacial score (nSPS) is 10.2. The Morgan fingerprint density at radius 2 is 2.24 bits per heavy atom. The average Bonchev–Trinajstić information content (AvgIpc) is 2.36. The summed E-state index contributed by atoms with van der Waals surface area (Å²) in [6, 6.07) is 9.72. The molecule has 1 heterocycles. The first-order valence-electron chi connectivity index (χ1n) is 5.12. The summed E-state index contributed by atoms with van der Waals surface area (Å²) >= 11 is 5.06. The summed E-state index contributed by atoms with van der Waals surface area (Å²) in [7, 11) is 0. The van der Waals surface area contributed by atoms with Gasteiger partial charge in [0.05, 0.1) is 11.6 Å².